The van der Waals surface area contributed by atoms with Crippen LogP contribution >= 0.6 is 11.3 Å². The lowest BCUT2D eigenvalue weighted by atomic mass is 9.99. The second-order valence-corrected chi connectivity index (χ2v) is 9.50. The average Bonchev–Trinajstić information content (AvgIpc) is 3.45. The van der Waals surface area contributed by atoms with Crippen LogP contribution in [-0.2, 0) is 16.1 Å². The summed E-state index contributed by atoms with van der Waals surface area (Å²) in [5.74, 6) is 0.207. The maximum Gasteiger partial charge on any atom is 0.295 e. The Hall–Kier alpha value is -3.58. The van der Waals surface area contributed by atoms with E-state index in [-0.39, 0.29) is 17.9 Å². The van der Waals surface area contributed by atoms with Gasteiger partial charge in [0.15, 0.2) is 0 Å². The molecule has 2 heterocycles. The Balaban J connectivity index is 1.71. The molecule has 0 spiro atoms. The first-order valence-corrected chi connectivity index (χ1v) is 11.9. The van der Waals surface area contributed by atoms with Crippen molar-refractivity contribution in [3.05, 3.63) is 87.6 Å². The first-order valence-electron chi connectivity index (χ1n) is 11.1. The van der Waals surface area contributed by atoms with Gasteiger partial charge < -0.3 is 19.5 Å². The number of aliphatic hydroxyl groups excluding tert-OH is 1. The zero-order valence-corrected chi connectivity index (χ0v) is 20.2. The van der Waals surface area contributed by atoms with Crippen LogP contribution in [0.4, 0.5) is 0 Å². The summed E-state index contributed by atoms with van der Waals surface area (Å²) in [5.41, 5.74) is 1.37. The molecule has 1 saturated heterocycles. The highest BCUT2D eigenvalue weighted by atomic mass is 32.1. The third-order valence-electron chi connectivity index (χ3n) is 5.55. The van der Waals surface area contributed by atoms with Gasteiger partial charge in [-0.2, -0.15) is 0 Å². The number of rotatable bonds is 8. The van der Waals surface area contributed by atoms with E-state index in [0.717, 1.165) is 10.4 Å². The number of hydrogen-bond acceptors (Lipinski definition) is 6. The van der Waals surface area contributed by atoms with Crippen molar-refractivity contribution in [2.75, 3.05) is 13.7 Å². The van der Waals surface area contributed by atoms with Crippen molar-refractivity contribution in [3.8, 4) is 11.5 Å². The van der Waals surface area contributed by atoms with E-state index in [0.29, 0.717) is 29.6 Å². The van der Waals surface area contributed by atoms with E-state index in [1.807, 2.05) is 41.8 Å². The Morgan fingerprint density at radius 1 is 1.06 bits per heavy atom. The molecule has 1 atom stereocenters. The molecule has 176 valence electrons. The predicted molar refractivity (Wildman–Crippen MR) is 132 cm³/mol. The second kappa shape index (κ2) is 10.1. The number of benzene rings is 2. The molecule has 0 radical (unpaired) electrons. The molecule has 7 heteroatoms. The molecular formula is C27H27NO5S. The Morgan fingerprint density at radius 2 is 1.82 bits per heavy atom. The molecule has 1 fully saturated rings. The molecule has 0 aliphatic carbocycles. The second-order valence-electron chi connectivity index (χ2n) is 8.52. The Morgan fingerprint density at radius 3 is 2.47 bits per heavy atom. The van der Waals surface area contributed by atoms with E-state index < -0.39 is 17.7 Å². The third-order valence-corrected chi connectivity index (χ3v) is 6.48. The van der Waals surface area contributed by atoms with E-state index in [1.54, 1.807) is 31.4 Å². The number of likely N-dealkylation sites (tertiary alicyclic amines) is 1. The highest BCUT2D eigenvalue weighted by Crippen LogP contribution is 2.42. The lowest BCUT2D eigenvalue weighted by Gasteiger charge is -2.24. The minimum absolute atomic E-state index is 0.0891. The summed E-state index contributed by atoms with van der Waals surface area (Å²) in [6.45, 7) is 4.92. The zero-order valence-electron chi connectivity index (χ0n) is 19.4. The fourth-order valence-electron chi connectivity index (χ4n) is 3.88. The summed E-state index contributed by atoms with van der Waals surface area (Å²) >= 11 is 1.44. The summed E-state index contributed by atoms with van der Waals surface area (Å²) in [4.78, 5) is 28.6. The van der Waals surface area contributed by atoms with E-state index >= 15 is 0 Å². The molecule has 1 amide bonds. The van der Waals surface area contributed by atoms with Gasteiger partial charge >= 0.3 is 0 Å². The number of Topliss-reactive ketones (excluding diaryl/α,β-unsaturated/α-hetero) is 1. The average molecular weight is 478 g/mol. The molecule has 0 bridgehead atoms. The Labute approximate surface area is 203 Å². The summed E-state index contributed by atoms with van der Waals surface area (Å²) in [6, 6.07) is 17.3. The predicted octanol–water partition coefficient (Wildman–Crippen LogP) is 5.41. The van der Waals surface area contributed by atoms with Crippen LogP contribution in [0.2, 0.25) is 0 Å². The van der Waals surface area contributed by atoms with Gasteiger partial charge in [-0.15, -0.1) is 11.3 Å². The monoisotopic (exact) mass is 477 g/mol. The normalized spacial score (nSPS) is 17.4. The molecule has 6 nitrogen and oxygen atoms in total. The summed E-state index contributed by atoms with van der Waals surface area (Å²) < 4.78 is 11.0. The first kappa shape index (κ1) is 23.6. The minimum atomic E-state index is -0.695. The van der Waals surface area contributed by atoms with E-state index in [9.17, 15) is 14.7 Å². The Bertz CT molecular complexity index is 1200. The van der Waals surface area contributed by atoms with Gasteiger partial charge in [-0.05, 0) is 59.3 Å². The van der Waals surface area contributed by atoms with Crippen LogP contribution in [0.15, 0.2) is 71.6 Å². The highest BCUT2D eigenvalue weighted by Gasteiger charge is 2.46. The van der Waals surface area contributed by atoms with Gasteiger partial charge in [0, 0.05) is 17.0 Å². The van der Waals surface area contributed by atoms with Crippen molar-refractivity contribution in [3.63, 3.8) is 0 Å². The van der Waals surface area contributed by atoms with Crippen LogP contribution in [-0.4, -0.2) is 35.4 Å². The number of amides is 1. The molecule has 3 aromatic rings. The maximum absolute atomic E-state index is 13.1. The summed E-state index contributed by atoms with van der Waals surface area (Å²) in [7, 11) is 1.58. The van der Waals surface area contributed by atoms with Crippen LogP contribution in [0.3, 0.4) is 0 Å². The molecule has 2 aromatic carbocycles. The summed E-state index contributed by atoms with van der Waals surface area (Å²) in [5, 5.41) is 13.1. The van der Waals surface area contributed by atoms with Gasteiger partial charge in [0.1, 0.15) is 17.3 Å². The molecule has 1 aliphatic rings. The number of carbonyl (C=O) groups excluding carboxylic acids is 2. The molecule has 4 rings (SSSR count). The molecular weight excluding hydrogens is 450 g/mol. The minimum Gasteiger partial charge on any atom is -0.507 e. The van der Waals surface area contributed by atoms with Crippen molar-refractivity contribution in [1.29, 1.82) is 0 Å². The number of aliphatic hydroxyl groups is 1. The van der Waals surface area contributed by atoms with Gasteiger partial charge in [0.25, 0.3) is 11.7 Å². The van der Waals surface area contributed by atoms with Gasteiger partial charge in [0.2, 0.25) is 0 Å². The fourth-order valence-corrected chi connectivity index (χ4v) is 4.73. The number of ketones is 1. The first-order chi connectivity index (χ1) is 16.4. The number of hydrogen-bond donors (Lipinski definition) is 1. The molecule has 0 saturated carbocycles. The Kier molecular flexibility index (Phi) is 7.03. The van der Waals surface area contributed by atoms with Crippen LogP contribution in [0.25, 0.3) is 5.76 Å². The van der Waals surface area contributed by atoms with Gasteiger partial charge in [-0.1, -0.05) is 32.0 Å². The standard InChI is InChI=1S/C27H27NO5S/c1-17(2)16-33-20-11-9-19(10-12-20)25(29)23-24(22-8-5-13-34-22)28(27(31)26(23)30)15-18-6-4-7-21(14-18)32-3/h4-14,17,24,29H,15-16H2,1-3H3/b25-23-. The van der Waals surface area contributed by atoms with Gasteiger partial charge in [-0.3, -0.25) is 9.59 Å². The summed E-state index contributed by atoms with van der Waals surface area (Å²) in [6.07, 6.45) is 0. The smallest absolute Gasteiger partial charge is 0.295 e. The lowest BCUT2D eigenvalue weighted by molar-refractivity contribution is -0.140. The van der Waals surface area contributed by atoms with Crippen molar-refractivity contribution in [1.82, 2.24) is 4.90 Å². The number of nitrogens with zero attached hydrogens (tertiary/aromatic N) is 1. The van der Waals surface area contributed by atoms with Crippen molar-refractivity contribution in [2.24, 2.45) is 5.92 Å². The van der Waals surface area contributed by atoms with Crippen LogP contribution in [0.1, 0.15) is 35.9 Å². The van der Waals surface area contributed by atoms with Crippen LogP contribution < -0.4 is 9.47 Å². The topological polar surface area (TPSA) is 76.1 Å². The van der Waals surface area contributed by atoms with E-state index in [1.165, 1.54) is 16.2 Å². The number of carbonyl (C=O) groups is 2. The van der Waals surface area contributed by atoms with Crippen molar-refractivity contribution >= 4 is 28.8 Å². The van der Waals surface area contributed by atoms with Crippen molar-refractivity contribution in [2.45, 2.75) is 26.4 Å². The van der Waals surface area contributed by atoms with Crippen molar-refractivity contribution < 1.29 is 24.2 Å². The maximum atomic E-state index is 13.1. The van der Waals surface area contributed by atoms with E-state index in [2.05, 4.69) is 13.8 Å². The molecule has 1 aliphatic heterocycles. The molecule has 1 N–H and O–H groups in total. The highest BCUT2D eigenvalue weighted by molar-refractivity contribution is 7.10. The largest absolute Gasteiger partial charge is 0.507 e. The van der Waals surface area contributed by atoms with Crippen LogP contribution in [0.5, 0.6) is 11.5 Å². The molecule has 34 heavy (non-hydrogen) atoms. The third kappa shape index (κ3) is 4.84. The number of methoxy groups -OCH3 is 1. The number of thiophene rings is 1. The zero-order chi connectivity index (χ0) is 24.2. The SMILES string of the molecule is COc1cccc(CN2C(=O)C(=O)/C(=C(\O)c3ccc(OCC(C)C)cc3)C2c2cccs2)c1. The van der Waals surface area contributed by atoms with Gasteiger partial charge in [-0.25, -0.2) is 0 Å². The van der Waals surface area contributed by atoms with E-state index in [4.69, 9.17) is 9.47 Å². The number of ether oxygens (including phenoxy) is 2. The van der Waals surface area contributed by atoms with Crippen LogP contribution in [0, 0.1) is 5.92 Å². The van der Waals surface area contributed by atoms with Gasteiger partial charge in [0.05, 0.1) is 25.3 Å². The molecule has 1 aromatic heterocycles. The molecule has 1 unspecified atom stereocenters. The fraction of sp³-hybridized carbons (Fsp3) is 0.259. The quantitative estimate of drug-likeness (QED) is 0.267. The lowest BCUT2D eigenvalue weighted by Crippen LogP contribution is -2.28.